The van der Waals surface area contributed by atoms with Crippen LogP contribution in [0.5, 0.6) is 0 Å². The van der Waals surface area contributed by atoms with Gasteiger partial charge in [-0.2, -0.15) is 0 Å². The summed E-state index contributed by atoms with van der Waals surface area (Å²) in [5.74, 6) is -0.883. The molecule has 2 aromatic carbocycles. The first-order valence-corrected chi connectivity index (χ1v) is 7.46. The Morgan fingerprint density at radius 2 is 1.91 bits per heavy atom. The van der Waals surface area contributed by atoms with E-state index in [1.807, 2.05) is 24.3 Å². The van der Waals surface area contributed by atoms with Gasteiger partial charge in [-0.1, -0.05) is 30.3 Å². The SMILES string of the molecule is CN(CCCNCc1cccc(C(=O)O)c1)c1ccccc1. The van der Waals surface area contributed by atoms with Gasteiger partial charge in [0.25, 0.3) is 0 Å². The maximum atomic E-state index is 10.9. The Kier molecular flexibility index (Phi) is 5.98. The fourth-order valence-electron chi connectivity index (χ4n) is 2.30. The van der Waals surface area contributed by atoms with Gasteiger partial charge in [0, 0.05) is 25.8 Å². The molecule has 0 atom stereocenters. The number of para-hydroxylation sites is 1. The maximum Gasteiger partial charge on any atom is 0.335 e. The first-order chi connectivity index (χ1) is 10.7. The highest BCUT2D eigenvalue weighted by atomic mass is 16.4. The van der Waals surface area contributed by atoms with E-state index in [0.29, 0.717) is 12.1 Å². The van der Waals surface area contributed by atoms with Crippen molar-refractivity contribution in [2.45, 2.75) is 13.0 Å². The van der Waals surface area contributed by atoms with E-state index in [9.17, 15) is 4.79 Å². The summed E-state index contributed by atoms with van der Waals surface area (Å²) >= 11 is 0. The number of carboxylic acids is 1. The Labute approximate surface area is 131 Å². The molecule has 0 aliphatic carbocycles. The highest BCUT2D eigenvalue weighted by Gasteiger charge is 2.03. The first kappa shape index (κ1) is 16.0. The number of rotatable bonds is 8. The fraction of sp³-hybridized carbons (Fsp3) is 0.278. The highest BCUT2D eigenvalue weighted by Crippen LogP contribution is 2.10. The van der Waals surface area contributed by atoms with Crippen LogP contribution < -0.4 is 10.2 Å². The molecular formula is C18H22N2O2. The minimum atomic E-state index is -0.883. The minimum absolute atomic E-state index is 0.336. The molecule has 0 unspecified atom stereocenters. The number of carbonyl (C=O) groups is 1. The first-order valence-electron chi connectivity index (χ1n) is 7.46. The molecule has 0 saturated carbocycles. The summed E-state index contributed by atoms with van der Waals surface area (Å²) in [6.07, 6.45) is 1.03. The van der Waals surface area contributed by atoms with Crippen molar-refractivity contribution >= 4 is 11.7 Å². The Bertz CT molecular complexity index is 599. The normalized spacial score (nSPS) is 10.4. The van der Waals surface area contributed by atoms with Crippen molar-refractivity contribution < 1.29 is 9.90 Å². The van der Waals surface area contributed by atoms with Gasteiger partial charge >= 0.3 is 5.97 Å². The highest BCUT2D eigenvalue weighted by molar-refractivity contribution is 5.87. The van der Waals surface area contributed by atoms with E-state index >= 15 is 0 Å². The number of benzene rings is 2. The fourth-order valence-corrected chi connectivity index (χ4v) is 2.30. The third-order valence-corrected chi connectivity index (χ3v) is 3.55. The molecule has 0 radical (unpaired) electrons. The standard InChI is InChI=1S/C18H22N2O2/c1-20(17-9-3-2-4-10-17)12-6-11-19-14-15-7-5-8-16(13-15)18(21)22/h2-5,7-10,13,19H,6,11-12,14H2,1H3,(H,21,22). The molecule has 0 aliphatic rings. The van der Waals surface area contributed by atoms with Crippen LogP contribution in [0.3, 0.4) is 0 Å². The van der Waals surface area contributed by atoms with Crippen LogP contribution in [0, 0.1) is 0 Å². The number of hydrogen-bond acceptors (Lipinski definition) is 3. The topological polar surface area (TPSA) is 52.6 Å². The molecule has 22 heavy (non-hydrogen) atoms. The molecule has 0 saturated heterocycles. The average molecular weight is 298 g/mol. The zero-order valence-corrected chi connectivity index (χ0v) is 12.8. The van der Waals surface area contributed by atoms with E-state index in [1.165, 1.54) is 5.69 Å². The molecule has 0 spiro atoms. The quantitative estimate of drug-likeness (QED) is 0.736. The summed E-state index contributed by atoms with van der Waals surface area (Å²) < 4.78 is 0. The van der Waals surface area contributed by atoms with Crippen LogP contribution in [-0.4, -0.2) is 31.2 Å². The van der Waals surface area contributed by atoms with Crippen LogP contribution >= 0.6 is 0 Å². The van der Waals surface area contributed by atoms with Crippen LogP contribution in [0.25, 0.3) is 0 Å². The van der Waals surface area contributed by atoms with Crippen molar-refractivity contribution in [1.82, 2.24) is 5.32 Å². The Hall–Kier alpha value is -2.33. The minimum Gasteiger partial charge on any atom is -0.478 e. The molecule has 0 aliphatic heterocycles. The molecule has 2 aromatic rings. The smallest absolute Gasteiger partial charge is 0.335 e. The molecule has 0 amide bonds. The third-order valence-electron chi connectivity index (χ3n) is 3.55. The molecule has 0 aromatic heterocycles. The number of carboxylic acid groups (broad SMARTS) is 1. The van der Waals surface area contributed by atoms with Crippen molar-refractivity contribution in [3.63, 3.8) is 0 Å². The molecule has 0 fully saturated rings. The molecular weight excluding hydrogens is 276 g/mol. The van der Waals surface area contributed by atoms with Gasteiger partial charge in [-0.3, -0.25) is 0 Å². The van der Waals surface area contributed by atoms with E-state index in [-0.39, 0.29) is 0 Å². The third kappa shape index (κ3) is 4.90. The number of hydrogen-bond donors (Lipinski definition) is 2. The van der Waals surface area contributed by atoms with E-state index < -0.39 is 5.97 Å². The Morgan fingerprint density at radius 3 is 2.64 bits per heavy atom. The van der Waals surface area contributed by atoms with E-state index in [1.54, 1.807) is 18.2 Å². The van der Waals surface area contributed by atoms with E-state index in [4.69, 9.17) is 5.11 Å². The lowest BCUT2D eigenvalue weighted by atomic mass is 10.1. The maximum absolute atomic E-state index is 10.9. The van der Waals surface area contributed by atoms with Crippen LogP contribution in [0.15, 0.2) is 54.6 Å². The lowest BCUT2D eigenvalue weighted by molar-refractivity contribution is 0.0696. The average Bonchev–Trinajstić information content (AvgIpc) is 2.55. The van der Waals surface area contributed by atoms with Gasteiger partial charge in [0.05, 0.1) is 5.56 Å². The molecule has 4 nitrogen and oxygen atoms in total. The van der Waals surface area contributed by atoms with Crippen molar-refractivity contribution in [2.75, 3.05) is 25.0 Å². The zero-order valence-electron chi connectivity index (χ0n) is 12.8. The number of aromatic carboxylic acids is 1. The summed E-state index contributed by atoms with van der Waals surface area (Å²) in [6, 6.07) is 17.4. The zero-order chi connectivity index (χ0) is 15.8. The van der Waals surface area contributed by atoms with Gasteiger partial charge in [-0.05, 0) is 42.8 Å². The van der Waals surface area contributed by atoms with Crippen molar-refractivity contribution in [1.29, 1.82) is 0 Å². The van der Waals surface area contributed by atoms with Gasteiger partial charge < -0.3 is 15.3 Å². The summed E-state index contributed by atoms with van der Waals surface area (Å²) in [4.78, 5) is 13.1. The monoisotopic (exact) mass is 298 g/mol. The number of nitrogens with one attached hydrogen (secondary N) is 1. The van der Waals surface area contributed by atoms with Crippen molar-refractivity contribution in [2.24, 2.45) is 0 Å². The second-order valence-electron chi connectivity index (χ2n) is 5.29. The summed E-state index contributed by atoms with van der Waals surface area (Å²) in [5.41, 5.74) is 2.55. The summed E-state index contributed by atoms with van der Waals surface area (Å²) in [5, 5.41) is 12.3. The van der Waals surface area contributed by atoms with Crippen LogP contribution in [-0.2, 0) is 6.54 Å². The van der Waals surface area contributed by atoms with Gasteiger partial charge in [0.2, 0.25) is 0 Å². The predicted octanol–water partition coefficient (Wildman–Crippen LogP) is 3.00. The van der Waals surface area contributed by atoms with Gasteiger partial charge in [0.1, 0.15) is 0 Å². The van der Waals surface area contributed by atoms with Gasteiger partial charge in [-0.25, -0.2) is 4.79 Å². The lowest BCUT2D eigenvalue weighted by Crippen LogP contribution is -2.23. The number of anilines is 1. The predicted molar refractivity (Wildman–Crippen MR) is 89.4 cm³/mol. The number of nitrogens with zero attached hydrogens (tertiary/aromatic N) is 1. The Balaban J connectivity index is 1.69. The molecule has 2 rings (SSSR count). The second-order valence-corrected chi connectivity index (χ2v) is 5.29. The van der Waals surface area contributed by atoms with Crippen LogP contribution in [0.2, 0.25) is 0 Å². The summed E-state index contributed by atoms with van der Waals surface area (Å²) in [6.45, 7) is 2.57. The van der Waals surface area contributed by atoms with Crippen LogP contribution in [0.4, 0.5) is 5.69 Å². The lowest BCUT2D eigenvalue weighted by Gasteiger charge is -2.19. The second kappa shape index (κ2) is 8.20. The molecule has 2 N–H and O–H groups in total. The van der Waals surface area contributed by atoms with E-state index in [0.717, 1.165) is 25.1 Å². The van der Waals surface area contributed by atoms with Crippen molar-refractivity contribution in [3.8, 4) is 0 Å². The molecule has 116 valence electrons. The van der Waals surface area contributed by atoms with Crippen molar-refractivity contribution in [3.05, 3.63) is 65.7 Å². The summed E-state index contributed by atoms with van der Waals surface area (Å²) in [7, 11) is 2.09. The van der Waals surface area contributed by atoms with Gasteiger partial charge in [-0.15, -0.1) is 0 Å². The van der Waals surface area contributed by atoms with Gasteiger partial charge in [0.15, 0.2) is 0 Å². The Morgan fingerprint density at radius 1 is 1.14 bits per heavy atom. The molecule has 0 heterocycles. The molecule has 4 heteroatoms. The molecule has 0 bridgehead atoms. The largest absolute Gasteiger partial charge is 0.478 e. The van der Waals surface area contributed by atoms with Crippen LogP contribution in [0.1, 0.15) is 22.3 Å². The van der Waals surface area contributed by atoms with E-state index in [2.05, 4.69) is 29.4 Å².